The summed E-state index contributed by atoms with van der Waals surface area (Å²) in [6, 6.07) is 6.58. The fourth-order valence-corrected chi connectivity index (χ4v) is 7.85. The summed E-state index contributed by atoms with van der Waals surface area (Å²) in [5.41, 5.74) is 4.19. The van der Waals surface area contributed by atoms with Crippen LogP contribution in [0.25, 0.3) is 11.2 Å². The molecule has 0 bridgehead atoms. The molecule has 2 fully saturated rings. The first-order valence-corrected chi connectivity index (χ1v) is 12.0. The number of carbonyl (C=O) groups is 1. The van der Waals surface area contributed by atoms with Crippen molar-refractivity contribution < 1.29 is 9.53 Å². The minimum atomic E-state index is -0.219. The van der Waals surface area contributed by atoms with E-state index in [2.05, 4.69) is 45.1 Å². The monoisotopic (exact) mass is 434 g/mol. The SMILES string of the molecule is COc1ccc2c(c1)CC[C@@H]1[C@@H]2CC[C@]2(C)C(=O)C(Sc3ncnc4nc[nH]c34)C[C@@H]12. The van der Waals surface area contributed by atoms with Gasteiger partial charge in [0.1, 0.15) is 22.6 Å². The van der Waals surface area contributed by atoms with Gasteiger partial charge in [0.15, 0.2) is 11.4 Å². The van der Waals surface area contributed by atoms with Crippen LogP contribution in [0, 0.1) is 17.3 Å². The van der Waals surface area contributed by atoms with Crippen LogP contribution >= 0.6 is 11.8 Å². The van der Waals surface area contributed by atoms with Gasteiger partial charge in [0.25, 0.3) is 0 Å². The van der Waals surface area contributed by atoms with Gasteiger partial charge in [-0.2, -0.15) is 0 Å². The molecule has 5 atom stereocenters. The van der Waals surface area contributed by atoms with E-state index >= 15 is 0 Å². The predicted octanol–water partition coefficient (Wildman–Crippen LogP) is 4.56. The van der Waals surface area contributed by atoms with Crippen molar-refractivity contribution in [2.24, 2.45) is 17.3 Å². The van der Waals surface area contributed by atoms with Gasteiger partial charge in [-0.15, -0.1) is 0 Å². The average molecular weight is 435 g/mol. The molecule has 3 aliphatic carbocycles. The molecule has 0 saturated heterocycles. The third kappa shape index (κ3) is 2.85. The Morgan fingerprint density at radius 1 is 1.23 bits per heavy atom. The number of hydrogen-bond donors (Lipinski definition) is 1. The van der Waals surface area contributed by atoms with Gasteiger partial charge in [0, 0.05) is 5.41 Å². The van der Waals surface area contributed by atoms with E-state index in [4.69, 9.17) is 4.74 Å². The molecule has 1 N–H and O–H groups in total. The summed E-state index contributed by atoms with van der Waals surface area (Å²) in [7, 11) is 1.73. The number of methoxy groups -OCH3 is 1. The molecule has 0 aliphatic heterocycles. The molecule has 0 spiro atoms. The zero-order valence-corrected chi connectivity index (χ0v) is 18.6. The molecule has 7 heteroatoms. The summed E-state index contributed by atoms with van der Waals surface area (Å²) < 4.78 is 5.45. The van der Waals surface area contributed by atoms with Crippen LogP contribution in [0.5, 0.6) is 5.75 Å². The molecule has 1 aromatic carbocycles. The minimum absolute atomic E-state index is 0.0487. The molecule has 0 amide bonds. The second-order valence-corrected chi connectivity index (χ2v) is 10.6. The largest absolute Gasteiger partial charge is 0.497 e. The van der Waals surface area contributed by atoms with E-state index in [1.54, 1.807) is 31.5 Å². The van der Waals surface area contributed by atoms with E-state index in [1.807, 2.05) is 0 Å². The van der Waals surface area contributed by atoms with Crippen molar-refractivity contribution in [2.45, 2.75) is 55.2 Å². The number of nitrogens with zero attached hydrogens (tertiary/aromatic N) is 3. The van der Waals surface area contributed by atoms with Crippen LogP contribution in [0.2, 0.25) is 0 Å². The normalized spacial score (nSPS) is 31.9. The third-order valence-electron chi connectivity index (χ3n) is 8.09. The summed E-state index contributed by atoms with van der Waals surface area (Å²) in [5.74, 6) is 2.92. The number of hydrogen-bond acceptors (Lipinski definition) is 6. The first-order chi connectivity index (χ1) is 15.1. The Morgan fingerprint density at radius 2 is 2.13 bits per heavy atom. The number of rotatable bonds is 3. The van der Waals surface area contributed by atoms with Crippen molar-refractivity contribution in [3.8, 4) is 5.75 Å². The fourth-order valence-electron chi connectivity index (χ4n) is 6.52. The Morgan fingerprint density at radius 3 is 3.00 bits per heavy atom. The van der Waals surface area contributed by atoms with Crippen molar-refractivity contribution in [2.75, 3.05) is 7.11 Å². The van der Waals surface area contributed by atoms with Crippen LogP contribution < -0.4 is 4.74 Å². The minimum Gasteiger partial charge on any atom is -0.497 e. The van der Waals surface area contributed by atoms with Crippen molar-refractivity contribution >= 4 is 28.7 Å². The molecule has 31 heavy (non-hydrogen) atoms. The smallest absolute Gasteiger partial charge is 0.181 e. The molecule has 6 rings (SSSR count). The van der Waals surface area contributed by atoms with E-state index in [0.29, 0.717) is 29.2 Å². The van der Waals surface area contributed by atoms with Gasteiger partial charge in [0.05, 0.1) is 18.7 Å². The second-order valence-electron chi connectivity index (χ2n) is 9.42. The van der Waals surface area contributed by atoms with Gasteiger partial charge < -0.3 is 9.72 Å². The Balaban J connectivity index is 1.30. The number of ketones is 1. The molecule has 0 radical (unpaired) electrons. The fraction of sp³-hybridized carbons (Fsp3) is 0.500. The summed E-state index contributed by atoms with van der Waals surface area (Å²) in [6.07, 6.45) is 8.43. The number of imidazole rings is 1. The van der Waals surface area contributed by atoms with E-state index in [1.165, 1.54) is 11.1 Å². The Kier molecular flexibility index (Phi) is 4.39. The zero-order chi connectivity index (χ0) is 21.2. The molecular weight excluding hydrogens is 408 g/mol. The first kappa shape index (κ1) is 19.3. The number of aromatic amines is 1. The highest BCUT2D eigenvalue weighted by atomic mass is 32.2. The maximum absolute atomic E-state index is 13.6. The third-order valence-corrected chi connectivity index (χ3v) is 9.31. The Bertz CT molecular complexity index is 1180. The number of carbonyl (C=O) groups excluding carboxylic acids is 1. The highest BCUT2D eigenvalue weighted by Crippen LogP contribution is 2.61. The number of Topliss-reactive ketones (excluding diaryl/α,β-unsaturated/α-hetero) is 1. The molecule has 3 aromatic rings. The lowest BCUT2D eigenvalue weighted by molar-refractivity contribution is -0.129. The molecule has 160 valence electrons. The van der Waals surface area contributed by atoms with Gasteiger partial charge in [-0.25, -0.2) is 15.0 Å². The van der Waals surface area contributed by atoms with E-state index < -0.39 is 0 Å². The molecule has 2 aromatic heterocycles. The van der Waals surface area contributed by atoms with Gasteiger partial charge in [-0.05, 0) is 73.1 Å². The quantitative estimate of drug-likeness (QED) is 0.609. The zero-order valence-electron chi connectivity index (χ0n) is 17.8. The van der Waals surface area contributed by atoms with Crippen LogP contribution in [-0.4, -0.2) is 38.1 Å². The maximum atomic E-state index is 13.6. The average Bonchev–Trinajstić information content (AvgIpc) is 3.37. The topological polar surface area (TPSA) is 80.8 Å². The van der Waals surface area contributed by atoms with Crippen LogP contribution in [0.1, 0.15) is 49.7 Å². The van der Waals surface area contributed by atoms with Crippen LogP contribution in [0.4, 0.5) is 0 Å². The number of H-pyrrole nitrogens is 1. The maximum Gasteiger partial charge on any atom is 0.181 e. The predicted molar refractivity (Wildman–Crippen MR) is 119 cm³/mol. The molecule has 1 unspecified atom stereocenters. The molecule has 2 heterocycles. The van der Waals surface area contributed by atoms with Crippen molar-refractivity contribution in [3.05, 3.63) is 42.0 Å². The highest BCUT2D eigenvalue weighted by Gasteiger charge is 2.58. The Labute approximate surface area is 185 Å². The van der Waals surface area contributed by atoms with Gasteiger partial charge in [-0.1, -0.05) is 24.8 Å². The molecule has 3 aliphatic rings. The number of nitrogens with one attached hydrogen (secondary N) is 1. The number of aromatic nitrogens is 4. The lowest BCUT2D eigenvalue weighted by Crippen LogP contribution is -2.42. The van der Waals surface area contributed by atoms with Crippen LogP contribution in [0.3, 0.4) is 0 Å². The number of benzene rings is 1. The lowest BCUT2D eigenvalue weighted by atomic mass is 9.55. The number of fused-ring (bicyclic) bond motifs is 6. The van der Waals surface area contributed by atoms with Gasteiger partial charge >= 0.3 is 0 Å². The highest BCUT2D eigenvalue weighted by molar-refractivity contribution is 8.00. The molecule has 2 saturated carbocycles. The van der Waals surface area contributed by atoms with Gasteiger partial charge in [0.2, 0.25) is 0 Å². The van der Waals surface area contributed by atoms with E-state index in [0.717, 1.165) is 48.4 Å². The van der Waals surface area contributed by atoms with E-state index in [9.17, 15) is 4.79 Å². The first-order valence-electron chi connectivity index (χ1n) is 11.1. The van der Waals surface area contributed by atoms with Gasteiger partial charge in [-0.3, -0.25) is 4.79 Å². The lowest BCUT2D eigenvalue weighted by Gasteiger charge is -2.48. The van der Waals surface area contributed by atoms with Crippen LogP contribution in [-0.2, 0) is 11.2 Å². The Hall–Kier alpha value is -2.41. The van der Waals surface area contributed by atoms with Crippen molar-refractivity contribution in [1.82, 2.24) is 19.9 Å². The van der Waals surface area contributed by atoms with Crippen LogP contribution in [0.15, 0.2) is 35.9 Å². The standard InChI is InChI=1S/C24H26N4O2S/c1-24-8-7-16-15-6-4-14(30-2)9-13(15)3-5-17(16)18(24)10-19(21(24)29)31-23-20-22(26-11-25-20)27-12-28-23/h4,6,9,11-12,16-19H,3,5,7-8,10H2,1-2H3,(H,25,26,27,28)/t16-,17-,18+,19?,24+/m1/s1. The second kappa shape index (κ2) is 7.05. The van der Waals surface area contributed by atoms with Crippen molar-refractivity contribution in [1.29, 1.82) is 0 Å². The number of ether oxygens (including phenoxy) is 1. The summed E-state index contributed by atoms with van der Waals surface area (Å²) >= 11 is 1.60. The van der Waals surface area contributed by atoms with Crippen molar-refractivity contribution in [3.63, 3.8) is 0 Å². The summed E-state index contributed by atoms with van der Waals surface area (Å²) in [4.78, 5) is 29.7. The number of aryl methyl sites for hydroxylation is 1. The summed E-state index contributed by atoms with van der Waals surface area (Å²) in [6.45, 7) is 2.23. The van der Waals surface area contributed by atoms with E-state index in [-0.39, 0.29) is 10.7 Å². The number of thioether (sulfide) groups is 1. The molecular formula is C24H26N4O2S. The summed E-state index contributed by atoms with van der Waals surface area (Å²) in [5, 5.41) is 0.785. The molecule has 6 nitrogen and oxygen atoms in total.